The first-order valence-electron chi connectivity index (χ1n) is 9.47. The predicted octanol–water partition coefficient (Wildman–Crippen LogP) is 4.22. The van der Waals surface area contributed by atoms with Crippen molar-refractivity contribution >= 4 is 0 Å². The zero-order valence-electron chi connectivity index (χ0n) is 14.7. The molecule has 2 fully saturated rings. The molecule has 0 bridgehead atoms. The average molecular weight is 337 g/mol. The Hall–Kier alpha value is -1.84. The van der Waals surface area contributed by atoms with E-state index in [9.17, 15) is 5.11 Å². The molecule has 2 aromatic carbocycles. The van der Waals surface area contributed by atoms with Crippen molar-refractivity contribution in [2.45, 2.75) is 50.4 Å². The zero-order chi connectivity index (χ0) is 17.1. The number of hydrogen-bond donors (Lipinski definition) is 2. The fraction of sp³-hybridized carbons (Fsp3) is 0.455. The molecule has 0 amide bonds. The molecule has 2 aliphatic rings. The summed E-state index contributed by atoms with van der Waals surface area (Å²) in [7, 11) is 0. The standard InChI is InChI=1S/C22H27NO2/c24-22-12-5-4-11-20(22)21(23-14-13-22)18-9-6-10-19(15-18)25-16-17-7-2-1-3-8-17/h1-3,6-10,15,20-21,23-24H,4-5,11-14,16H2/t20-,21-,22+/m1/s1. The van der Waals surface area contributed by atoms with Crippen LogP contribution in [0.4, 0.5) is 0 Å². The molecule has 4 rings (SSSR count). The second-order valence-electron chi connectivity index (χ2n) is 7.48. The summed E-state index contributed by atoms with van der Waals surface area (Å²) in [5.74, 6) is 1.20. The van der Waals surface area contributed by atoms with Crippen LogP contribution in [0.1, 0.15) is 49.3 Å². The molecule has 0 unspecified atom stereocenters. The van der Waals surface area contributed by atoms with E-state index in [0.717, 1.165) is 38.0 Å². The van der Waals surface area contributed by atoms with Gasteiger partial charge in [0.05, 0.1) is 5.60 Å². The van der Waals surface area contributed by atoms with Crippen LogP contribution in [0.25, 0.3) is 0 Å². The molecule has 1 aliphatic heterocycles. The largest absolute Gasteiger partial charge is 0.489 e. The lowest BCUT2D eigenvalue weighted by Crippen LogP contribution is -2.53. The lowest BCUT2D eigenvalue weighted by atomic mass is 9.67. The van der Waals surface area contributed by atoms with Crippen LogP contribution in [0.15, 0.2) is 54.6 Å². The van der Waals surface area contributed by atoms with E-state index >= 15 is 0 Å². The molecule has 0 radical (unpaired) electrons. The summed E-state index contributed by atoms with van der Waals surface area (Å²) in [5.41, 5.74) is 1.91. The molecule has 3 nitrogen and oxygen atoms in total. The molecule has 0 spiro atoms. The van der Waals surface area contributed by atoms with Crippen molar-refractivity contribution in [1.29, 1.82) is 0 Å². The summed E-state index contributed by atoms with van der Waals surface area (Å²) < 4.78 is 5.99. The topological polar surface area (TPSA) is 41.5 Å². The van der Waals surface area contributed by atoms with Crippen LogP contribution >= 0.6 is 0 Å². The predicted molar refractivity (Wildman–Crippen MR) is 99.5 cm³/mol. The Kier molecular flexibility index (Phi) is 4.78. The van der Waals surface area contributed by atoms with E-state index in [1.165, 1.54) is 17.5 Å². The smallest absolute Gasteiger partial charge is 0.120 e. The summed E-state index contributed by atoms with van der Waals surface area (Å²) in [6.07, 6.45) is 5.29. The highest BCUT2D eigenvalue weighted by molar-refractivity contribution is 5.32. The summed E-state index contributed by atoms with van der Waals surface area (Å²) in [4.78, 5) is 0. The molecule has 1 saturated carbocycles. The Labute approximate surface area is 150 Å². The minimum absolute atomic E-state index is 0.222. The number of fused-ring (bicyclic) bond motifs is 1. The summed E-state index contributed by atoms with van der Waals surface area (Å²) in [5, 5.41) is 14.7. The van der Waals surface area contributed by atoms with Crippen molar-refractivity contribution in [2.75, 3.05) is 6.54 Å². The van der Waals surface area contributed by atoms with Gasteiger partial charge in [-0.2, -0.15) is 0 Å². The monoisotopic (exact) mass is 337 g/mol. The van der Waals surface area contributed by atoms with Crippen LogP contribution in [0, 0.1) is 5.92 Å². The fourth-order valence-electron chi connectivity index (χ4n) is 4.51. The van der Waals surface area contributed by atoms with Crippen molar-refractivity contribution in [3.8, 4) is 5.75 Å². The first-order chi connectivity index (χ1) is 12.2. The Balaban J connectivity index is 1.50. The van der Waals surface area contributed by atoms with Crippen molar-refractivity contribution in [3.05, 3.63) is 65.7 Å². The van der Waals surface area contributed by atoms with E-state index in [4.69, 9.17) is 4.74 Å². The van der Waals surface area contributed by atoms with Gasteiger partial charge in [0.2, 0.25) is 0 Å². The first kappa shape index (κ1) is 16.6. The Morgan fingerprint density at radius 3 is 2.80 bits per heavy atom. The van der Waals surface area contributed by atoms with E-state index in [0.29, 0.717) is 12.5 Å². The third kappa shape index (κ3) is 3.58. The number of ether oxygens (including phenoxy) is 1. The Morgan fingerprint density at radius 1 is 1.04 bits per heavy atom. The van der Waals surface area contributed by atoms with Crippen molar-refractivity contribution in [1.82, 2.24) is 5.32 Å². The molecular weight excluding hydrogens is 310 g/mol. The number of benzene rings is 2. The maximum atomic E-state index is 11.1. The summed E-state index contributed by atoms with van der Waals surface area (Å²) in [6, 6.07) is 18.8. The van der Waals surface area contributed by atoms with Gasteiger partial charge >= 0.3 is 0 Å². The van der Waals surface area contributed by atoms with Crippen molar-refractivity contribution < 1.29 is 9.84 Å². The van der Waals surface area contributed by atoms with Gasteiger partial charge < -0.3 is 15.2 Å². The highest BCUT2D eigenvalue weighted by Gasteiger charge is 2.45. The van der Waals surface area contributed by atoms with Gasteiger partial charge in [-0.15, -0.1) is 0 Å². The second kappa shape index (κ2) is 7.19. The van der Waals surface area contributed by atoms with E-state index < -0.39 is 5.60 Å². The van der Waals surface area contributed by atoms with Crippen molar-refractivity contribution in [3.63, 3.8) is 0 Å². The molecule has 1 saturated heterocycles. The van der Waals surface area contributed by atoms with Crippen LogP contribution in [0.3, 0.4) is 0 Å². The fourth-order valence-corrected chi connectivity index (χ4v) is 4.51. The first-order valence-corrected chi connectivity index (χ1v) is 9.47. The van der Waals surface area contributed by atoms with Gasteiger partial charge in [-0.3, -0.25) is 0 Å². The maximum Gasteiger partial charge on any atom is 0.120 e. The summed E-state index contributed by atoms with van der Waals surface area (Å²) >= 11 is 0. The summed E-state index contributed by atoms with van der Waals surface area (Å²) in [6.45, 7) is 1.46. The van der Waals surface area contributed by atoms with Gasteiger partial charge in [0.15, 0.2) is 0 Å². The average Bonchev–Trinajstić information content (AvgIpc) is 2.66. The van der Waals surface area contributed by atoms with Crippen LogP contribution in [-0.4, -0.2) is 17.3 Å². The van der Waals surface area contributed by atoms with E-state index in [1.807, 2.05) is 24.3 Å². The van der Waals surface area contributed by atoms with E-state index in [2.05, 4.69) is 35.6 Å². The van der Waals surface area contributed by atoms with Gasteiger partial charge in [-0.1, -0.05) is 55.3 Å². The van der Waals surface area contributed by atoms with Crippen LogP contribution in [0.2, 0.25) is 0 Å². The third-order valence-electron chi connectivity index (χ3n) is 5.86. The van der Waals surface area contributed by atoms with Gasteiger partial charge in [0.25, 0.3) is 0 Å². The third-order valence-corrected chi connectivity index (χ3v) is 5.86. The number of nitrogens with one attached hydrogen (secondary N) is 1. The molecule has 0 aromatic heterocycles. The van der Waals surface area contributed by atoms with Gasteiger partial charge in [-0.25, -0.2) is 0 Å². The molecule has 3 heteroatoms. The second-order valence-corrected chi connectivity index (χ2v) is 7.48. The zero-order valence-corrected chi connectivity index (χ0v) is 14.7. The lowest BCUT2D eigenvalue weighted by molar-refractivity contribution is -0.0861. The van der Waals surface area contributed by atoms with E-state index in [1.54, 1.807) is 0 Å². The molecule has 1 aliphatic carbocycles. The van der Waals surface area contributed by atoms with Crippen LogP contribution < -0.4 is 10.1 Å². The highest BCUT2D eigenvalue weighted by atomic mass is 16.5. The van der Waals surface area contributed by atoms with Gasteiger partial charge in [0.1, 0.15) is 12.4 Å². The normalized spacial score (nSPS) is 29.0. The van der Waals surface area contributed by atoms with E-state index in [-0.39, 0.29) is 6.04 Å². The molecule has 25 heavy (non-hydrogen) atoms. The van der Waals surface area contributed by atoms with Crippen LogP contribution in [0.5, 0.6) is 5.75 Å². The minimum atomic E-state index is -0.491. The quantitative estimate of drug-likeness (QED) is 0.877. The Bertz CT molecular complexity index is 698. The van der Waals surface area contributed by atoms with Gasteiger partial charge in [-0.05, 0) is 49.1 Å². The number of aliphatic hydroxyl groups is 1. The molecule has 1 heterocycles. The highest BCUT2D eigenvalue weighted by Crippen LogP contribution is 2.45. The molecule has 3 atom stereocenters. The number of rotatable bonds is 4. The molecule has 132 valence electrons. The minimum Gasteiger partial charge on any atom is -0.489 e. The number of piperidine rings is 1. The van der Waals surface area contributed by atoms with Crippen molar-refractivity contribution in [2.24, 2.45) is 5.92 Å². The van der Waals surface area contributed by atoms with Crippen LogP contribution in [-0.2, 0) is 6.61 Å². The molecule has 2 aromatic rings. The molecular formula is C22H27NO2. The Morgan fingerprint density at radius 2 is 1.92 bits per heavy atom. The lowest BCUT2D eigenvalue weighted by Gasteiger charge is -2.48. The molecule has 2 N–H and O–H groups in total. The maximum absolute atomic E-state index is 11.1. The SMILES string of the molecule is O[C@]12CCCC[C@@H]1[C@@H](c1cccc(OCc3ccccc3)c1)NCC2. The number of hydrogen-bond acceptors (Lipinski definition) is 3. The van der Waals surface area contributed by atoms with Gasteiger partial charge in [0, 0.05) is 12.0 Å².